The summed E-state index contributed by atoms with van der Waals surface area (Å²) in [6.45, 7) is 0. The van der Waals surface area contributed by atoms with Gasteiger partial charge in [0.1, 0.15) is 11.5 Å². The van der Waals surface area contributed by atoms with Crippen LogP contribution < -0.4 is 0 Å². The number of hydrogen-bond donors (Lipinski definition) is 0. The molecule has 38 heavy (non-hydrogen) atoms. The van der Waals surface area contributed by atoms with Gasteiger partial charge in [0.2, 0.25) is 0 Å². The van der Waals surface area contributed by atoms with Gasteiger partial charge in [-0.3, -0.25) is 9.59 Å². The zero-order valence-corrected chi connectivity index (χ0v) is 20.4. The highest BCUT2D eigenvalue weighted by Crippen LogP contribution is 2.60. The van der Waals surface area contributed by atoms with Crippen LogP contribution in [-0.2, 0) is 14.3 Å². The van der Waals surface area contributed by atoms with Gasteiger partial charge in [-0.2, -0.15) is 10.1 Å². The molecule has 0 N–H and O–H groups in total. The fourth-order valence-electron chi connectivity index (χ4n) is 6.44. The lowest BCUT2D eigenvalue weighted by atomic mass is 9.55. The average molecular weight is 503 g/mol. The van der Waals surface area contributed by atoms with Crippen molar-refractivity contribution in [3.05, 3.63) is 119 Å². The van der Waals surface area contributed by atoms with Crippen molar-refractivity contribution < 1.29 is 23.5 Å². The van der Waals surface area contributed by atoms with E-state index < -0.39 is 17.8 Å². The monoisotopic (exact) mass is 502 g/mol. The number of amides is 2. The third-order valence-electron chi connectivity index (χ3n) is 7.95. The minimum absolute atomic E-state index is 0.181. The van der Waals surface area contributed by atoms with E-state index >= 15 is 0 Å². The molecule has 0 saturated carbocycles. The maximum atomic E-state index is 13.7. The summed E-state index contributed by atoms with van der Waals surface area (Å²) in [7, 11) is 1.32. The number of hydrazone groups is 1. The predicted octanol–water partition coefficient (Wildman–Crippen LogP) is 4.96. The zero-order chi connectivity index (χ0) is 26.0. The van der Waals surface area contributed by atoms with E-state index in [0.717, 1.165) is 27.3 Å². The van der Waals surface area contributed by atoms with Gasteiger partial charge in [0.15, 0.2) is 0 Å². The summed E-state index contributed by atoms with van der Waals surface area (Å²) >= 11 is 0. The SMILES string of the molecule is COC(=O)c1ccccc1-c1ccc(/C=N\N2C(=O)[C@@H]3C4c5ccccc5C(c5ccccc54)[C@H]3C2=O)o1. The van der Waals surface area contributed by atoms with Crippen molar-refractivity contribution in [2.45, 2.75) is 11.8 Å². The molecule has 3 aliphatic carbocycles. The van der Waals surface area contributed by atoms with Gasteiger partial charge in [0, 0.05) is 17.4 Å². The molecule has 0 spiro atoms. The number of imide groups is 1. The third kappa shape index (κ3) is 3.08. The molecular formula is C31H22N2O5. The number of methoxy groups -OCH3 is 1. The smallest absolute Gasteiger partial charge is 0.338 e. The highest BCUT2D eigenvalue weighted by molar-refractivity contribution is 6.08. The molecule has 7 nitrogen and oxygen atoms in total. The number of carbonyl (C=O) groups is 3. The van der Waals surface area contributed by atoms with Crippen LogP contribution in [0.2, 0.25) is 0 Å². The number of esters is 1. The van der Waals surface area contributed by atoms with E-state index in [4.69, 9.17) is 9.15 Å². The van der Waals surface area contributed by atoms with Crippen molar-refractivity contribution in [1.82, 2.24) is 5.01 Å². The van der Waals surface area contributed by atoms with Crippen molar-refractivity contribution in [3.63, 3.8) is 0 Å². The van der Waals surface area contributed by atoms with Crippen LogP contribution in [0, 0.1) is 11.8 Å². The Morgan fingerprint density at radius 1 is 0.789 bits per heavy atom. The minimum Gasteiger partial charge on any atom is -0.465 e. The molecule has 1 aromatic heterocycles. The number of ether oxygens (including phenoxy) is 1. The Kier molecular flexibility index (Phi) is 4.94. The maximum Gasteiger partial charge on any atom is 0.338 e. The number of furan rings is 1. The van der Waals surface area contributed by atoms with Gasteiger partial charge in [-0.15, -0.1) is 0 Å². The van der Waals surface area contributed by atoms with Gasteiger partial charge in [0.05, 0.1) is 30.7 Å². The fourth-order valence-corrected chi connectivity index (χ4v) is 6.44. The van der Waals surface area contributed by atoms with Gasteiger partial charge in [-0.05, 0) is 40.5 Å². The van der Waals surface area contributed by atoms with Crippen LogP contribution in [0.1, 0.15) is 50.2 Å². The molecule has 2 heterocycles. The Balaban J connectivity index is 1.22. The van der Waals surface area contributed by atoms with Gasteiger partial charge in [0.25, 0.3) is 11.8 Å². The first-order chi connectivity index (χ1) is 18.6. The molecule has 186 valence electrons. The Morgan fingerprint density at radius 2 is 1.32 bits per heavy atom. The minimum atomic E-state index is -0.492. The van der Waals surface area contributed by atoms with Gasteiger partial charge in [-0.1, -0.05) is 66.7 Å². The number of rotatable bonds is 4. The third-order valence-corrected chi connectivity index (χ3v) is 7.95. The quantitative estimate of drug-likeness (QED) is 0.224. The van der Waals surface area contributed by atoms with Crippen LogP contribution in [0.5, 0.6) is 0 Å². The molecule has 4 aromatic rings. The second kappa shape index (κ2) is 8.38. The molecule has 2 atom stereocenters. The number of benzene rings is 3. The standard InChI is InChI=1S/C31H22N2O5/c1-37-31(36)23-13-7-2-8-18(23)24-15-14-17(38-24)16-32-33-29(34)27-25-19-9-3-4-10-20(19)26(28(27)30(33)35)22-12-6-5-11-21(22)25/h2-16,25-28H,1H3/b32-16-/t25?,26?,27-,28-/m1/s1. The van der Waals surface area contributed by atoms with Crippen LogP contribution in [0.3, 0.4) is 0 Å². The summed E-state index contributed by atoms with van der Waals surface area (Å²) in [6, 6.07) is 26.6. The number of carbonyl (C=O) groups excluding carboxylic acids is 3. The Labute approximate surface area is 218 Å². The van der Waals surface area contributed by atoms with Crippen LogP contribution in [-0.4, -0.2) is 36.1 Å². The summed E-state index contributed by atoms with van der Waals surface area (Å²) in [5.74, 6) is -1.61. The first-order valence-electron chi connectivity index (χ1n) is 12.5. The molecule has 0 unspecified atom stereocenters. The summed E-state index contributed by atoms with van der Waals surface area (Å²) in [4.78, 5) is 39.5. The Bertz CT molecular complexity index is 1550. The molecule has 3 aromatic carbocycles. The predicted molar refractivity (Wildman–Crippen MR) is 138 cm³/mol. The summed E-state index contributed by atoms with van der Waals surface area (Å²) < 4.78 is 10.8. The topological polar surface area (TPSA) is 89.2 Å². The van der Waals surface area contributed by atoms with Crippen molar-refractivity contribution in [1.29, 1.82) is 0 Å². The highest BCUT2D eigenvalue weighted by Gasteiger charge is 2.61. The van der Waals surface area contributed by atoms with Crippen molar-refractivity contribution in [2.24, 2.45) is 16.9 Å². The Morgan fingerprint density at radius 3 is 1.87 bits per heavy atom. The normalized spacial score (nSPS) is 22.9. The molecule has 1 saturated heterocycles. The molecule has 1 fully saturated rings. The van der Waals surface area contributed by atoms with E-state index in [9.17, 15) is 14.4 Å². The zero-order valence-electron chi connectivity index (χ0n) is 20.4. The molecule has 1 aliphatic heterocycles. The lowest BCUT2D eigenvalue weighted by Crippen LogP contribution is -2.41. The van der Waals surface area contributed by atoms with E-state index in [0.29, 0.717) is 22.6 Å². The van der Waals surface area contributed by atoms with Gasteiger partial charge < -0.3 is 9.15 Å². The second-order valence-corrected chi connectivity index (χ2v) is 9.74. The van der Waals surface area contributed by atoms with Gasteiger partial charge >= 0.3 is 5.97 Å². The van der Waals surface area contributed by atoms with Crippen molar-refractivity contribution in [2.75, 3.05) is 7.11 Å². The Hall–Kier alpha value is -4.78. The van der Waals surface area contributed by atoms with E-state index in [2.05, 4.69) is 29.4 Å². The first kappa shape index (κ1) is 22.4. The summed E-state index contributed by atoms with van der Waals surface area (Å²) in [6.07, 6.45) is 1.37. The molecule has 2 bridgehead atoms. The van der Waals surface area contributed by atoms with Crippen LogP contribution in [0.4, 0.5) is 0 Å². The number of hydrogen-bond acceptors (Lipinski definition) is 6. The van der Waals surface area contributed by atoms with Crippen LogP contribution in [0.25, 0.3) is 11.3 Å². The van der Waals surface area contributed by atoms with Crippen LogP contribution in [0.15, 0.2) is 94.4 Å². The molecule has 0 radical (unpaired) electrons. The highest BCUT2D eigenvalue weighted by atomic mass is 16.5. The van der Waals surface area contributed by atoms with Gasteiger partial charge in [-0.25, -0.2) is 4.79 Å². The molecule has 8 rings (SSSR count). The van der Waals surface area contributed by atoms with Crippen molar-refractivity contribution in [3.8, 4) is 11.3 Å². The van der Waals surface area contributed by atoms with E-state index in [-0.39, 0.29) is 23.7 Å². The first-order valence-corrected chi connectivity index (χ1v) is 12.5. The second-order valence-electron chi connectivity index (χ2n) is 9.74. The average Bonchev–Trinajstić information content (AvgIpc) is 3.54. The number of nitrogens with zero attached hydrogens (tertiary/aromatic N) is 2. The maximum absolute atomic E-state index is 13.7. The van der Waals surface area contributed by atoms with E-state index in [1.54, 1.807) is 36.4 Å². The van der Waals surface area contributed by atoms with E-state index in [1.807, 2.05) is 24.3 Å². The molecule has 4 aliphatic rings. The molecule has 2 amide bonds. The molecular weight excluding hydrogens is 480 g/mol. The lowest BCUT2D eigenvalue weighted by molar-refractivity contribution is -0.139. The summed E-state index contributed by atoms with van der Waals surface area (Å²) in [5, 5.41) is 5.32. The summed E-state index contributed by atoms with van der Waals surface area (Å²) in [5.41, 5.74) is 5.41. The largest absolute Gasteiger partial charge is 0.465 e. The van der Waals surface area contributed by atoms with E-state index in [1.165, 1.54) is 13.3 Å². The van der Waals surface area contributed by atoms with Crippen LogP contribution >= 0.6 is 0 Å². The molecule has 7 heteroatoms. The van der Waals surface area contributed by atoms with Crippen molar-refractivity contribution >= 4 is 24.0 Å². The lowest BCUT2D eigenvalue weighted by Gasteiger charge is -2.45. The fraction of sp³-hybridized carbons (Fsp3) is 0.161.